The lowest BCUT2D eigenvalue weighted by atomic mass is 10.1. The average Bonchev–Trinajstić information content (AvgIpc) is 2.58. The van der Waals surface area contributed by atoms with E-state index < -0.39 is 0 Å². The summed E-state index contributed by atoms with van der Waals surface area (Å²) >= 11 is 7.18. The van der Waals surface area contributed by atoms with Gasteiger partial charge in [0.25, 0.3) is 0 Å². The molecule has 0 unspecified atom stereocenters. The Morgan fingerprint density at radius 1 is 1.27 bits per heavy atom. The van der Waals surface area contributed by atoms with Crippen LogP contribution in [0.3, 0.4) is 0 Å². The van der Waals surface area contributed by atoms with Crippen molar-refractivity contribution in [2.24, 2.45) is 0 Å². The summed E-state index contributed by atoms with van der Waals surface area (Å²) in [5.74, 6) is 0.842. The van der Waals surface area contributed by atoms with E-state index in [0.717, 1.165) is 18.9 Å². The van der Waals surface area contributed by atoms with Gasteiger partial charge in [-0.15, -0.1) is 0 Å². The van der Waals surface area contributed by atoms with Crippen LogP contribution in [0.1, 0.15) is 13.8 Å². The van der Waals surface area contributed by atoms with Gasteiger partial charge >= 0.3 is 0 Å². The summed E-state index contributed by atoms with van der Waals surface area (Å²) in [6, 6.07) is 0.964. The first-order chi connectivity index (χ1) is 7.09. The van der Waals surface area contributed by atoms with Gasteiger partial charge in [0.15, 0.2) is 11.0 Å². The molecule has 1 aliphatic heterocycles. The van der Waals surface area contributed by atoms with Gasteiger partial charge in [-0.25, -0.2) is 0 Å². The lowest BCUT2D eigenvalue weighted by Crippen LogP contribution is -2.55. The minimum Gasteiger partial charge on any atom is -0.348 e. The molecule has 2 rings (SSSR count). The van der Waals surface area contributed by atoms with Crippen molar-refractivity contribution in [3.05, 3.63) is 5.15 Å². The highest BCUT2D eigenvalue weighted by atomic mass is 35.5. The van der Waals surface area contributed by atoms with Crippen LogP contribution in [-0.2, 0) is 0 Å². The van der Waals surface area contributed by atoms with Gasteiger partial charge in [-0.2, -0.15) is 8.75 Å². The molecule has 0 aliphatic carbocycles. The number of rotatable bonds is 1. The Balaban J connectivity index is 2.19. The van der Waals surface area contributed by atoms with Crippen LogP contribution in [0.5, 0.6) is 0 Å². The lowest BCUT2D eigenvalue weighted by Gasteiger charge is -2.42. The van der Waals surface area contributed by atoms with Crippen molar-refractivity contribution < 1.29 is 0 Å². The van der Waals surface area contributed by atoms with Gasteiger partial charge in [-0.05, 0) is 20.9 Å². The maximum Gasteiger partial charge on any atom is 0.187 e. The van der Waals surface area contributed by atoms with Crippen LogP contribution in [0, 0.1) is 0 Å². The predicted molar refractivity (Wildman–Crippen MR) is 63.8 cm³/mol. The molecule has 1 aromatic heterocycles. The standard InChI is InChI=1S/C9H15ClN4S/c1-6-5-14(7(2)4-13(6)3)9-8(10)11-15-12-9/h6-7H,4-5H2,1-3H3/t6-,7+/m1/s1. The molecule has 0 radical (unpaired) electrons. The summed E-state index contributed by atoms with van der Waals surface area (Å²) in [7, 11) is 2.15. The monoisotopic (exact) mass is 246 g/mol. The second-order valence-corrected chi connectivity index (χ2v) is 5.06. The van der Waals surface area contributed by atoms with E-state index in [1.165, 1.54) is 11.7 Å². The molecule has 2 heterocycles. The number of hydrogen-bond acceptors (Lipinski definition) is 5. The summed E-state index contributed by atoms with van der Waals surface area (Å²) in [6.07, 6.45) is 0. The van der Waals surface area contributed by atoms with Gasteiger partial charge in [0.05, 0.1) is 11.7 Å². The van der Waals surface area contributed by atoms with Crippen LogP contribution in [0.15, 0.2) is 0 Å². The molecule has 15 heavy (non-hydrogen) atoms. The minimum absolute atomic E-state index is 0.438. The highest BCUT2D eigenvalue weighted by Gasteiger charge is 2.29. The zero-order valence-corrected chi connectivity index (χ0v) is 10.7. The van der Waals surface area contributed by atoms with Gasteiger partial charge in [0.1, 0.15) is 0 Å². The van der Waals surface area contributed by atoms with E-state index in [2.05, 4.69) is 39.4 Å². The number of piperazine rings is 1. The first-order valence-corrected chi connectivity index (χ1v) is 6.15. The molecule has 1 saturated heterocycles. The number of likely N-dealkylation sites (N-methyl/N-ethyl adjacent to an activating group) is 1. The molecule has 4 nitrogen and oxygen atoms in total. The maximum atomic E-state index is 6.00. The minimum atomic E-state index is 0.438. The third-order valence-corrected chi connectivity index (χ3v) is 3.88. The molecule has 0 N–H and O–H groups in total. The van der Waals surface area contributed by atoms with Crippen molar-refractivity contribution >= 4 is 29.1 Å². The average molecular weight is 247 g/mol. The van der Waals surface area contributed by atoms with E-state index in [1.807, 2.05) is 0 Å². The maximum absolute atomic E-state index is 6.00. The fraction of sp³-hybridized carbons (Fsp3) is 0.778. The van der Waals surface area contributed by atoms with Crippen molar-refractivity contribution in [2.45, 2.75) is 25.9 Å². The first-order valence-electron chi connectivity index (χ1n) is 5.04. The third kappa shape index (κ3) is 2.09. The van der Waals surface area contributed by atoms with Gasteiger partial charge in [-0.3, -0.25) is 4.90 Å². The molecule has 1 aliphatic rings. The van der Waals surface area contributed by atoms with Crippen molar-refractivity contribution in [1.29, 1.82) is 0 Å². The Hall–Kier alpha value is -0.390. The van der Waals surface area contributed by atoms with Crippen LogP contribution in [0.4, 0.5) is 5.82 Å². The van der Waals surface area contributed by atoms with Gasteiger partial charge in [0, 0.05) is 25.2 Å². The van der Waals surface area contributed by atoms with E-state index in [9.17, 15) is 0 Å². The highest BCUT2D eigenvalue weighted by molar-refractivity contribution is 6.99. The largest absolute Gasteiger partial charge is 0.348 e. The van der Waals surface area contributed by atoms with Crippen LogP contribution < -0.4 is 4.90 Å². The van der Waals surface area contributed by atoms with Crippen molar-refractivity contribution in [2.75, 3.05) is 25.0 Å². The number of hydrogen-bond donors (Lipinski definition) is 0. The molecular formula is C9H15ClN4S. The number of anilines is 1. The van der Waals surface area contributed by atoms with Gasteiger partial charge in [0.2, 0.25) is 0 Å². The third-order valence-electron chi connectivity index (χ3n) is 3.00. The second kappa shape index (κ2) is 4.23. The summed E-state index contributed by atoms with van der Waals surface area (Å²) in [4.78, 5) is 4.60. The summed E-state index contributed by atoms with van der Waals surface area (Å²) in [5, 5.41) is 0.531. The van der Waals surface area contributed by atoms with Crippen molar-refractivity contribution in [3.63, 3.8) is 0 Å². The Morgan fingerprint density at radius 3 is 2.60 bits per heavy atom. The van der Waals surface area contributed by atoms with E-state index in [0.29, 0.717) is 17.2 Å². The molecule has 6 heteroatoms. The normalized spacial score (nSPS) is 28.4. The molecule has 0 bridgehead atoms. The summed E-state index contributed by atoms with van der Waals surface area (Å²) < 4.78 is 8.27. The number of aromatic nitrogens is 2. The summed E-state index contributed by atoms with van der Waals surface area (Å²) in [5.41, 5.74) is 0. The zero-order chi connectivity index (χ0) is 11.0. The molecule has 1 fully saturated rings. The topological polar surface area (TPSA) is 32.3 Å². The Kier molecular flexibility index (Phi) is 3.13. The SMILES string of the molecule is C[C@@H]1CN(c2nsnc2Cl)[C@@H](C)CN1C. The van der Waals surface area contributed by atoms with Crippen molar-refractivity contribution in [1.82, 2.24) is 13.6 Å². The second-order valence-electron chi connectivity index (χ2n) is 4.17. The van der Waals surface area contributed by atoms with E-state index in [1.54, 1.807) is 0 Å². The van der Waals surface area contributed by atoms with Crippen LogP contribution in [-0.4, -0.2) is 45.9 Å². The Labute approximate surface area is 99.2 Å². The fourth-order valence-electron chi connectivity index (χ4n) is 1.94. The molecule has 0 amide bonds. The van der Waals surface area contributed by atoms with Gasteiger partial charge in [-0.1, -0.05) is 11.6 Å². The molecular weight excluding hydrogens is 232 g/mol. The highest BCUT2D eigenvalue weighted by Crippen LogP contribution is 2.27. The van der Waals surface area contributed by atoms with Gasteiger partial charge < -0.3 is 4.90 Å². The summed E-state index contributed by atoms with van der Waals surface area (Å²) in [6.45, 7) is 6.41. The van der Waals surface area contributed by atoms with Crippen molar-refractivity contribution in [3.8, 4) is 0 Å². The van der Waals surface area contributed by atoms with Crippen LogP contribution >= 0.6 is 23.3 Å². The first kappa shape index (κ1) is 11.1. The lowest BCUT2D eigenvalue weighted by molar-refractivity contribution is 0.205. The molecule has 0 aromatic carbocycles. The predicted octanol–water partition coefficient (Wildman–Crippen LogP) is 1.72. The van der Waals surface area contributed by atoms with E-state index >= 15 is 0 Å². The molecule has 84 valence electrons. The Morgan fingerprint density at radius 2 is 2.00 bits per heavy atom. The smallest absolute Gasteiger partial charge is 0.187 e. The molecule has 2 atom stereocenters. The Bertz CT molecular complexity index is 343. The van der Waals surface area contributed by atoms with Crippen LogP contribution in [0.2, 0.25) is 5.15 Å². The quantitative estimate of drug-likeness (QED) is 0.756. The molecule has 0 saturated carbocycles. The zero-order valence-electron chi connectivity index (χ0n) is 9.14. The van der Waals surface area contributed by atoms with E-state index in [-0.39, 0.29) is 0 Å². The molecule has 1 aromatic rings. The van der Waals surface area contributed by atoms with E-state index in [4.69, 9.17) is 11.6 Å². The molecule has 0 spiro atoms. The van der Waals surface area contributed by atoms with Crippen LogP contribution in [0.25, 0.3) is 0 Å². The number of nitrogens with zero attached hydrogens (tertiary/aromatic N) is 4. The fourth-order valence-corrected chi connectivity index (χ4v) is 2.70. The number of halogens is 1.